The van der Waals surface area contributed by atoms with Crippen molar-refractivity contribution in [2.24, 2.45) is 5.92 Å². The predicted octanol–water partition coefficient (Wildman–Crippen LogP) is 1.56. The number of anilines is 1. The van der Waals surface area contributed by atoms with Crippen molar-refractivity contribution in [1.82, 2.24) is 15.1 Å². The lowest BCUT2D eigenvalue weighted by atomic mass is 9.91. The quantitative estimate of drug-likeness (QED) is 0.859. The van der Waals surface area contributed by atoms with Crippen LogP contribution in [0.25, 0.3) is 0 Å². The third-order valence-corrected chi connectivity index (χ3v) is 3.94. The van der Waals surface area contributed by atoms with Crippen LogP contribution in [0.1, 0.15) is 24.8 Å². The van der Waals surface area contributed by atoms with Crippen LogP contribution < -0.4 is 5.32 Å². The van der Waals surface area contributed by atoms with Gasteiger partial charge in [-0.3, -0.25) is 5.32 Å². The van der Waals surface area contributed by atoms with Gasteiger partial charge in [0.25, 0.3) is 0 Å². The van der Waals surface area contributed by atoms with E-state index in [9.17, 15) is 14.7 Å². The Labute approximate surface area is 114 Å². The Morgan fingerprint density at radius 3 is 2.79 bits per heavy atom. The van der Waals surface area contributed by atoms with Gasteiger partial charge in [0.05, 0.1) is 0 Å². The molecule has 0 aromatic carbocycles. The minimum atomic E-state index is -0.962. The summed E-state index contributed by atoms with van der Waals surface area (Å²) in [6, 6.07) is -1.20. The van der Waals surface area contributed by atoms with E-state index in [0.29, 0.717) is 11.7 Å². The molecule has 1 aromatic heterocycles. The number of nitrogens with zero attached hydrogens (tertiary/aromatic N) is 3. The van der Waals surface area contributed by atoms with Crippen LogP contribution in [0.2, 0.25) is 0 Å². The molecule has 1 fully saturated rings. The number of aryl methyl sites for hydroxylation is 1. The average molecular weight is 284 g/mol. The normalized spacial score (nSPS) is 23.2. The summed E-state index contributed by atoms with van der Waals surface area (Å²) in [5, 5.41) is 20.6. The molecule has 1 aliphatic rings. The summed E-state index contributed by atoms with van der Waals surface area (Å²) in [7, 11) is 0. The van der Waals surface area contributed by atoms with Gasteiger partial charge >= 0.3 is 12.0 Å². The van der Waals surface area contributed by atoms with Crippen LogP contribution in [0.15, 0.2) is 0 Å². The topological polar surface area (TPSA) is 95.4 Å². The van der Waals surface area contributed by atoms with Gasteiger partial charge in [-0.15, -0.1) is 10.2 Å². The number of amides is 2. The zero-order chi connectivity index (χ0) is 14.0. The summed E-state index contributed by atoms with van der Waals surface area (Å²) >= 11 is 1.26. The molecule has 2 unspecified atom stereocenters. The molecule has 8 heteroatoms. The second-order valence-electron chi connectivity index (χ2n) is 4.65. The second-order valence-corrected chi connectivity index (χ2v) is 5.83. The van der Waals surface area contributed by atoms with E-state index in [4.69, 9.17) is 0 Å². The number of hydrogen-bond donors (Lipinski definition) is 2. The molecule has 1 saturated heterocycles. The number of hydrogen-bond acceptors (Lipinski definition) is 5. The first-order chi connectivity index (χ1) is 8.99. The Morgan fingerprint density at radius 2 is 2.21 bits per heavy atom. The zero-order valence-electron chi connectivity index (χ0n) is 10.8. The lowest BCUT2D eigenvalue weighted by Gasteiger charge is -2.36. The van der Waals surface area contributed by atoms with Gasteiger partial charge in [-0.2, -0.15) is 0 Å². The van der Waals surface area contributed by atoms with Crippen molar-refractivity contribution in [2.75, 3.05) is 11.9 Å². The minimum Gasteiger partial charge on any atom is -0.480 e. The zero-order valence-corrected chi connectivity index (χ0v) is 11.6. The third kappa shape index (κ3) is 3.01. The molecule has 2 amide bonds. The number of carboxylic acid groups (broad SMARTS) is 1. The van der Waals surface area contributed by atoms with E-state index in [-0.39, 0.29) is 5.92 Å². The Bertz CT molecular complexity index is 490. The maximum Gasteiger partial charge on any atom is 0.326 e. The number of carboxylic acids is 1. The van der Waals surface area contributed by atoms with Gasteiger partial charge in [0, 0.05) is 6.54 Å². The fourth-order valence-corrected chi connectivity index (χ4v) is 2.88. The molecule has 0 aliphatic carbocycles. The molecule has 1 aromatic rings. The van der Waals surface area contributed by atoms with Crippen molar-refractivity contribution in [2.45, 2.75) is 32.7 Å². The molecule has 7 nitrogen and oxygen atoms in total. The van der Waals surface area contributed by atoms with Crippen molar-refractivity contribution in [1.29, 1.82) is 0 Å². The first-order valence-corrected chi connectivity index (χ1v) is 6.91. The van der Waals surface area contributed by atoms with Gasteiger partial charge in [0.15, 0.2) is 0 Å². The molecular weight excluding hydrogens is 268 g/mol. The largest absolute Gasteiger partial charge is 0.480 e. The Kier molecular flexibility index (Phi) is 3.98. The monoisotopic (exact) mass is 284 g/mol. The highest BCUT2D eigenvalue weighted by Gasteiger charge is 2.37. The van der Waals surface area contributed by atoms with E-state index in [1.807, 2.05) is 6.92 Å². The minimum absolute atomic E-state index is 0.0480. The molecule has 2 atom stereocenters. The molecular formula is C11H16N4O3S. The molecule has 104 valence electrons. The van der Waals surface area contributed by atoms with Crippen LogP contribution in [-0.4, -0.2) is 44.8 Å². The SMILES string of the molecule is Cc1nnc(NC(=O)N2CCCC(C)C2C(=O)O)s1. The van der Waals surface area contributed by atoms with Crippen LogP contribution in [0.4, 0.5) is 9.93 Å². The van der Waals surface area contributed by atoms with Crippen molar-refractivity contribution < 1.29 is 14.7 Å². The van der Waals surface area contributed by atoms with Crippen LogP contribution in [0, 0.1) is 12.8 Å². The van der Waals surface area contributed by atoms with Crippen LogP contribution in [0.3, 0.4) is 0 Å². The molecule has 0 radical (unpaired) electrons. The number of rotatable bonds is 2. The van der Waals surface area contributed by atoms with E-state index in [2.05, 4.69) is 15.5 Å². The number of urea groups is 1. The fraction of sp³-hybridized carbons (Fsp3) is 0.636. The van der Waals surface area contributed by atoms with E-state index >= 15 is 0 Å². The molecule has 0 bridgehead atoms. The van der Waals surface area contributed by atoms with Crippen molar-refractivity contribution in [3.05, 3.63) is 5.01 Å². The summed E-state index contributed by atoms with van der Waals surface area (Å²) in [5.41, 5.74) is 0. The number of carbonyl (C=O) groups excluding carboxylic acids is 1. The van der Waals surface area contributed by atoms with E-state index in [1.165, 1.54) is 16.2 Å². The number of carbonyl (C=O) groups is 2. The van der Waals surface area contributed by atoms with Gasteiger partial charge < -0.3 is 10.0 Å². The summed E-state index contributed by atoms with van der Waals surface area (Å²) in [5.74, 6) is -1.01. The van der Waals surface area contributed by atoms with E-state index in [0.717, 1.165) is 17.8 Å². The number of nitrogens with one attached hydrogen (secondary N) is 1. The maximum atomic E-state index is 12.1. The van der Waals surface area contributed by atoms with Crippen LogP contribution in [0.5, 0.6) is 0 Å². The molecule has 2 N–H and O–H groups in total. The van der Waals surface area contributed by atoms with Crippen molar-refractivity contribution in [3.8, 4) is 0 Å². The van der Waals surface area contributed by atoms with Gasteiger partial charge in [0.1, 0.15) is 11.0 Å². The van der Waals surface area contributed by atoms with Gasteiger partial charge in [-0.05, 0) is 25.7 Å². The molecule has 0 saturated carbocycles. The number of aromatic nitrogens is 2. The molecule has 2 heterocycles. The number of piperidine rings is 1. The van der Waals surface area contributed by atoms with Crippen LogP contribution >= 0.6 is 11.3 Å². The third-order valence-electron chi connectivity index (χ3n) is 3.19. The van der Waals surface area contributed by atoms with Crippen molar-refractivity contribution in [3.63, 3.8) is 0 Å². The van der Waals surface area contributed by atoms with E-state index < -0.39 is 18.0 Å². The predicted molar refractivity (Wildman–Crippen MR) is 70.2 cm³/mol. The maximum absolute atomic E-state index is 12.1. The lowest BCUT2D eigenvalue weighted by molar-refractivity contribution is -0.145. The first-order valence-electron chi connectivity index (χ1n) is 6.09. The average Bonchev–Trinajstić information content (AvgIpc) is 2.73. The summed E-state index contributed by atoms with van der Waals surface area (Å²) in [6.45, 7) is 4.09. The standard InChI is InChI=1S/C11H16N4O3S/c1-6-4-3-5-15(8(6)9(16)17)11(18)12-10-14-13-7(2)19-10/h6,8H,3-5H2,1-2H3,(H,16,17)(H,12,14,18). The number of likely N-dealkylation sites (tertiary alicyclic amines) is 1. The molecule has 19 heavy (non-hydrogen) atoms. The van der Waals surface area contributed by atoms with Gasteiger partial charge in [-0.1, -0.05) is 18.3 Å². The summed E-state index contributed by atoms with van der Waals surface area (Å²) < 4.78 is 0. The second kappa shape index (κ2) is 5.52. The highest BCUT2D eigenvalue weighted by Crippen LogP contribution is 2.24. The van der Waals surface area contributed by atoms with Crippen molar-refractivity contribution >= 4 is 28.5 Å². The van der Waals surface area contributed by atoms with Gasteiger partial charge in [-0.25, -0.2) is 9.59 Å². The Balaban J connectivity index is 2.09. The van der Waals surface area contributed by atoms with Gasteiger partial charge in [0.2, 0.25) is 5.13 Å². The summed E-state index contributed by atoms with van der Waals surface area (Å²) in [6.07, 6.45) is 1.63. The van der Waals surface area contributed by atoms with E-state index in [1.54, 1.807) is 6.92 Å². The highest BCUT2D eigenvalue weighted by atomic mass is 32.1. The molecule has 1 aliphatic heterocycles. The highest BCUT2D eigenvalue weighted by molar-refractivity contribution is 7.15. The Hall–Kier alpha value is -1.70. The van der Waals surface area contributed by atoms with Crippen LogP contribution in [-0.2, 0) is 4.79 Å². The summed E-state index contributed by atoms with van der Waals surface area (Å²) in [4.78, 5) is 24.8. The molecule has 0 spiro atoms. The molecule has 2 rings (SSSR count). The lowest BCUT2D eigenvalue weighted by Crippen LogP contribution is -2.53. The number of aliphatic carboxylic acids is 1. The first kappa shape index (κ1) is 13.7. The Morgan fingerprint density at radius 1 is 1.47 bits per heavy atom. The smallest absolute Gasteiger partial charge is 0.326 e. The fourth-order valence-electron chi connectivity index (χ4n) is 2.30.